The Balaban J connectivity index is 2.32. The van der Waals surface area contributed by atoms with Crippen LogP contribution in [0.25, 0.3) is 0 Å². The van der Waals surface area contributed by atoms with E-state index in [1.807, 2.05) is 5.38 Å². The molecule has 0 saturated carbocycles. The maximum Gasteiger partial charge on any atom is 0.285 e. The highest BCUT2D eigenvalue weighted by Crippen LogP contribution is 2.19. The molecular formula is C13H13NO3S2. The first kappa shape index (κ1) is 13.8. The van der Waals surface area contributed by atoms with E-state index in [0.717, 1.165) is 0 Å². The average Bonchev–Trinajstić information content (AvgIpc) is 2.93. The molecule has 1 unspecified atom stereocenters. The second-order valence-electron chi connectivity index (χ2n) is 3.86. The molecule has 0 N–H and O–H groups in total. The van der Waals surface area contributed by atoms with Gasteiger partial charge in [-0.15, -0.1) is 11.3 Å². The lowest BCUT2D eigenvalue weighted by Crippen LogP contribution is -2.02. The molecule has 0 saturated heterocycles. The van der Waals surface area contributed by atoms with Crippen LogP contribution in [0.15, 0.2) is 50.4 Å². The predicted molar refractivity (Wildman–Crippen MR) is 76.4 cm³/mol. The zero-order valence-electron chi connectivity index (χ0n) is 10.5. The second-order valence-corrected chi connectivity index (χ2v) is 7.29. The molecule has 0 aliphatic carbocycles. The molecule has 19 heavy (non-hydrogen) atoms. The largest absolute Gasteiger partial charge is 0.497 e. The summed E-state index contributed by atoms with van der Waals surface area (Å²) in [6.07, 6.45) is 1.47. The van der Waals surface area contributed by atoms with E-state index in [1.54, 1.807) is 43.5 Å². The molecule has 0 fully saturated rings. The van der Waals surface area contributed by atoms with E-state index in [1.165, 1.54) is 17.6 Å². The number of rotatable bonds is 3. The summed E-state index contributed by atoms with van der Waals surface area (Å²) in [5.74, 6) is 0.176. The minimum absolute atomic E-state index is 0.395. The summed E-state index contributed by atoms with van der Waals surface area (Å²) in [7, 11) is -1.11. The van der Waals surface area contributed by atoms with Crippen LogP contribution in [0, 0.1) is 0 Å². The monoisotopic (exact) mass is 295 g/mol. The Morgan fingerprint density at radius 2 is 1.95 bits per heavy atom. The number of nitrogens with zero attached hydrogens (tertiary/aromatic N) is 1. The third-order valence-corrected chi connectivity index (χ3v) is 5.74. The van der Waals surface area contributed by atoms with Gasteiger partial charge in [-0.2, -0.15) is 4.36 Å². The molecule has 2 aromatic rings. The first-order valence-electron chi connectivity index (χ1n) is 5.47. The minimum Gasteiger partial charge on any atom is -0.497 e. The third-order valence-electron chi connectivity index (χ3n) is 2.46. The minimum atomic E-state index is -2.67. The fourth-order valence-electron chi connectivity index (χ4n) is 1.47. The van der Waals surface area contributed by atoms with Crippen LogP contribution in [-0.2, 0) is 9.73 Å². The van der Waals surface area contributed by atoms with E-state index >= 15 is 0 Å². The van der Waals surface area contributed by atoms with Crippen LogP contribution in [0.4, 0.5) is 0 Å². The maximum atomic E-state index is 12.4. The van der Waals surface area contributed by atoms with Crippen LogP contribution in [0.5, 0.6) is 5.75 Å². The summed E-state index contributed by atoms with van der Waals surface area (Å²) < 4.78 is 21.8. The van der Waals surface area contributed by atoms with Crippen molar-refractivity contribution in [2.24, 2.45) is 4.36 Å². The topological polar surface area (TPSA) is 55.7 Å². The number of ether oxygens (including phenoxy) is 1. The normalized spacial score (nSPS) is 13.6. The molecule has 4 nitrogen and oxygen atoms in total. The molecule has 1 heterocycles. The van der Waals surface area contributed by atoms with Gasteiger partial charge in [0.25, 0.3) is 5.91 Å². The van der Waals surface area contributed by atoms with Crippen molar-refractivity contribution in [1.82, 2.24) is 0 Å². The highest BCUT2D eigenvalue weighted by Gasteiger charge is 2.12. The van der Waals surface area contributed by atoms with Gasteiger partial charge in [-0.05, 0) is 35.7 Å². The zero-order valence-corrected chi connectivity index (χ0v) is 12.2. The van der Waals surface area contributed by atoms with Crippen molar-refractivity contribution >= 4 is 27.0 Å². The average molecular weight is 295 g/mol. The second kappa shape index (κ2) is 5.54. The summed E-state index contributed by atoms with van der Waals surface area (Å²) in [6, 6.07) is 10.1. The summed E-state index contributed by atoms with van der Waals surface area (Å²) in [6.45, 7) is 0. The molecule has 1 aromatic heterocycles. The van der Waals surface area contributed by atoms with Crippen LogP contribution >= 0.6 is 11.3 Å². The molecule has 0 bridgehead atoms. The smallest absolute Gasteiger partial charge is 0.285 e. The van der Waals surface area contributed by atoms with Gasteiger partial charge in [-0.1, -0.05) is 6.07 Å². The Hall–Kier alpha value is -1.66. The van der Waals surface area contributed by atoms with E-state index in [2.05, 4.69) is 4.36 Å². The van der Waals surface area contributed by atoms with Gasteiger partial charge in [0.15, 0.2) is 0 Å². The van der Waals surface area contributed by atoms with Gasteiger partial charge in [0.2, 0.25) is 0 Å². The molecule has 0 aliphatic heterocycles. The van der Waals surface area contributed by atoms with Gasteiger partial charge >= 0.3 is 0 Å². The van der Waals surface area contributed by atoms with Crippen LogP contribution in [-0.4, -0.2) is 23.5 Å². The standard InChI is InChI=1S/C13H13NO3S2/c1-17-11-7-5-10(6-8-11)13(15)14-19(2,16)12-4-3-9-18-12/h3-9H,1-2H3. The number of carbonyl (C=O) groups excluding carboxylic acids is 1. The van der Waals surface area contributed by atoms with Gasteiger partial charge < -0.3 is 4.74 Å². The molecular weight excluding hydrogens is 282 g/mol. The van der Waals surface area contributed by atoms with E-state index in [4.69, 9.17) is 4.74 Å². The zero-order chi connectivity index (χ0) is 13.9. The molecule has 100 valence electrons. The lowest BCUT2D eigenvalue weighted by atomic mass is 10.2. The maximum absolute atomic E-state index is 12.4. The van der Waals surface area contributed by atoms with E-state index in [-0.39, 0.29) is 0 Å². The Morgan fingerprint density at radius 3 is 2.47 bits per heavy atom. The van der Waals surface area contributed by atoms with E-state index in [0.29, 0.717) is 15.5 Å². The summed E-state index contributed by atoms with van der Waals surface area (Å²) in [4.78, 5) is 12.0. The highest BCUT2D eigenvalue weighted by atomic mass is 32.2. The number of hydrogen-bond acceptors (Lipinski definition) is 4. The fourth-order valence-corrected chi connectivity index (χ4v) is 3.75. The lowest BCUT2D eigenvalue weighted by molar-refractivity contribution is 0.100. The molecule has 2 rings (SSSR count). The number of thiophene rings is 1. The summed E-state index contributed by atoms with van der Waals surface area (Å²) >= 11 is 1.33. The summed E-state index contributed by atoms with van der Waals surface area (Å²) in [5.41, 5.74) is 0.395. The van der Waals surface area contributed by atoms with Gasteiger partial charge in [0.05, 0.1) is 21.0 Å². The van der Waals surface area contributed by atoms with E-state index < -0.39 is 15.6 Å². The molecule has 0 spiro atoms. The van der Waals surface area contributed by atoms with Crippen molar-refractivity contribution in [2.75, 3.05) is 13.4 Å². The first-order valence-corrected chi connectivity index (χ1v) is 8.27. The lowest BCUT2D eigenvalue weighted by Gasteiger charge is -2.02. The van der Waals surface area contributed by atoms with Gasteiger partial charge in [0.1, 0.15) is 5.75 Å². The number of carbonyl (C=O) groups is 1. The molecule has 0 aliphatic rings. The molecule has 0 radical (unpaired) electrons. The third kappa shape index (κ3) is 3.21. The van der Waals surface area contributed by atoms with Crippen LogP contribution in [0.2, 0.25) is 0 Å². The van der Waals surface area contributed by atoms with Crippen molar-refractivity contribution in [3.05, 3.63) is 47.3 Å². The van der Waals surface area contributed by atoms with Crippen LogP contribution < -0.4 is 4.74 Å². The Morgan fingerprint density at radius 1 is 1.26 bits per heavy atom. The highest BCUT2D eigenvalue weighted by molar-refractivity contribution is 7.95. The van der Waals surface area contributed by atoms with Crippen molar-refractivity contribution in [3.8, 4) is 5.75 Å². The van der Waals surface area contributed by atoms with Crippen molar-refractivity contribution < 1.29 is 13.7 Å². The quantitative estimate of drug-likeness (QED) is 0.874. The molecule has 6 heteroatoms. The molecule has 1 amide bonds. The Bertz CT molecular complexity index is 681. The Kier molecular flexibility index (Phi) is 4.01. The molecule has 1 atom stereocenters. The SMILES string of the molecule is COc1ccc(C(=O)N=S(C)(=O)c2cccs2)cc1. The summed E-state index contributed by atoms with van der Waals surface area (Å²) in [5, 5.41) is 1.81. The van der Waals surface area contributed by atoms with E-state index in [9.17, 15) is 9.00 Å². The Labute approximate surface area is 116 Å². The first-order chi connectivity index (χ1) is 9.03. The van der Waals surface area contributed by atoms with Gasteiger partial charge in [0, 0.05) is 11.8 Å². The van der Waals surface area contributed by atoms with Crippen LogP contribution in [0.1, 0.15) is 10.4 Å². The van der Waals surface area contributed by atoms with Crippen molar-refractivity contribution in [3.63, 3.8) is 0 Å². The van der Waals surface area contributed by atoms with Gasteiger partial charge in [-0.3, -0.25) is 4.79 Å². The predicted octanol–water partition coefficient (Wildman–Crippen LogP) is 3.05. The number of hydrogen-bond donors (Lipinski definition) is 0. The number of benzene rings is 1. The number of methoxy groups -OCH3 is 1. The van der Waals surface area contributed by atoms with Crippen molar-refractivity contribution in [1.29, 1.82) is 0 Å². The van der Waals surface area contributed by atoms with Crippen molar-refractivity contribution in [2.45, 2.75) is 4.21 Å². The fraction of sp³-hybridized carbons (Fsp3) is 0.154. The molecule has 1 aromatic carbocycles. The van der Waals surface area contributed by atoms with Crippen LogP contribution in [0.3, 0.4) is 0 Å². The van der Waals surface area contributed by atoms with Gasteiger partial charge in [-0.25, -0.2) is 4.21 Å². The number of amides is 1.